The molecule has 0 saturated heterocycles. The first-order valence-corrected chi connectivity index (χ1v) is 10.9. The largest absolute Gasteiger partial charge is 0.382 e. The maximum atomic E-state index is 12.8. The van der Waals surface area contributed by atoms with Crippen LogP contribution in [0, 0.1) is 12.3 Å². The molecule has 0 atom stereocenters. The van der Waals surface area contributed by atoms with Gasteiger partial charge in [0, 0.05) is 17.7 Å². The van der Waals surface area contributed by atoms with Gasteiger partial charge in [0.05, 0.1) is 4.91 Å². The molecule has 2 aromatic rings. The molecule has 0 heterocycles. The SMILES string of the molecule is Cc1ccc(S(=O)(=O)OC2=C(Sc3ccccc3)C(=O)CC(C)(C)C2)cc1. The monoisotopic (exact) mass is 402 g/mol. The van der Waals surface area contributed by atoms with Gasteiger partial charge in [-0.3, -0.25) is 4.79 Å². The summed E-state index contributed by atoms with van der Waals surface area (Å²) in [6, 6.07) is 15.9. The lowest BCUT2D eigenvalue weighted by atomic mass is 9.79. The zero-order valence-electron chi connectivity index (χ0n) is 15.6. The molecule has 0 aromatic heterocycles. The third kappa shape index (κ3) is 4.82. The molecule has 2 aromatic carbocycles. The van der Waals surface area contributed by atoms with E-state index in [1.165, 1.54) is 23.9 Å². The van der Waals surface area contributed by atoms with Crippen molar-refractivity contribution in [3.8, 4) is 0 Å². The molecule has 1 aliphatic carbocycles. The first-order chi connectivity index (χ1) is 12.7. The van der Waals surface area contributed by atoms with Crippen LogP contribution >= 0.6 is 11.8 Å². The van der Waals surface area contributed by atoms with Crippen LogP contribution < -0.4 is 0 Å². The molecule has 27 heavy (non-hydrogen) atoms. The predicted molar refractivity (Wildman–Crippen MR) is 107 cm³/mol. The average molecular weight is 403 g/mol. The second-order valence-corrected chi connectivity index (χ2v) is 10.1. The Balaban J connectivity index is 1.99. The predicted octanol–water partition coefficient (Wildman–Crippen LogP) is 5.09. The van der Waals surface area contributed by atoms with E-state index in [2.05, 4.69) is 0 Å². The number of benzene rings is 2. The van der Waals surface area contributed by atoms with Crippen molar-refractivity contribution >= 4 is 27.7 Å². The molecule has 6 heteroatoms. The molecule has 0 fully saturated rings. The summed E-state index contributed by atoms with van der Waals surface area (Å²) in [6.45, 7) is 5.77. The number of carbonyl (C=O) groups excluding carboxylic acids is 1. The Bertz CT molecular complexity index is 973. The Kier molecular flexibility index (Phi) is 5.49. The summed E-state index contributed by atoms with van der Waals surface area (Å²) in [5.41, 5.74) is 0.609. The van der Waals surface area contributed by atoms with E-state index < -0.39 is 10.1 Å². The van der Waals surface area contributed by atoms with Gasteiger partial charge in [0.2, 0.25) is 0 Å². The molecule has 0 radical (unpaired) electrons. The van der Waals surface area contributed by atoms with Crippen molar-refractivity contribution in [1.82, 2.24) is 0 Å². The molecule has 3 rings (SSSR count). The standard InChI is InChI=1S/C21H22O4S2/c1-15-9-11-17(12-10-15)27(23,24)25-19-14-21(2,3)13-18(22)20(19)26-16-7-5-4-6-8-16/h4-12H,13-14H2,1-3H3. The Morgan fingerprint density at radius 1 is 0.963 bits per heavy atom. The van der Waals surface area contributed by atoms with E-state index >= 15 is 0 Å². The molecular formula is C21H22O4S2. The van der Waals surface area contributed by atoms with Gasteiger partial charge in [-0.2, -0.15) is 8.42 Å². The Morgan fingerprint density at radius 3 is 2.22 bits per heavy atom. The van der Waals surface area contributed by atoms with Gasteiger partial charge in [-0.15, -0.1) is 0 Å². The molecule has 0 unspecified atom stereocenters. The molecule has 0 amide bonds. The number of hydrogen-bond donors (Lipinski definition) is 0. The lowest BCUT2D eigenvalue weighted by Crippen LogP contribution is -2.26. The van der Waals surface area contributed by atoms with Crippen LogP contribution in [0.1, 0.15) is 32.3 Å². The van der Waals surface area contributed by atoms with Crippen molar-refractivity contribution in [3.63, 3.8) is 0 Å². The van der Waals surface area contributed by atoms with Gasteiger partial charge in [-0.1, -0.05) is 61.5 Å². The van der Waals surface area contributed by atoms with E-state index in [9.17, 15) is 13.2 Å². The molecule has 0 spiro atoms. The van der Waals surface area contributed by atoms with Crippen LogP contribution in [0.2, 0.25) is 0 Å². The minimum absolute atomic E-state index is 0.0838. The summed E-state index contributed by atoms with van der Waals surface area (Å²) >= 11 is 1.26. The Hall–Kier alpha value is -2.05. The molecule has 0 aliphatic heterocycles. The van der Waals surface area contributed by atoms with Crippen LogP contribution in [0.25, 0.3) is 0 Å². The summed E-state index contributed by atoms with van der Waals surface area (Å²) in [5.74, 6) is 0.139. The Labute approximate surface area is 164 Å². The fourth-order valence-corrected chi connectivity index (χ4v) is 4.89. The fraction of sp³-hybridized carbons (Fsp3) is 0.286. The zero-order chi connectivity index (χ0) is 19.7. The molecular weight excluding hydrogens is 380 g/mol. The third-order valence-corrected chi connectivity index (χ3v) is 6.71. The fourth-order valence-electron chi connectivity index (χ4n) is 2.92. The number of ketones is 1. The number of Topliss-reactive ketones (excluding diaryl/α,β-unsaturated/α-hetero) is 1. The van der Waals surface area contributed by atoms with Crippen LogP contribution in [0.3, 0.4) is 0 Å². The second-order valence-electron chi connectivity index (χ2n) is 7.46. The third-order valence-electron chi connectivity index (χ3n) is 4.27. The van der Waals surface area contributed by atoms with Crippen molar-refractivity contribution in [2.45, 2.75) is 43.4 Å². The second kappa shape index (κ2) is 7.52. The van der Waals surface area contributed by atoms with Crippen molar-refractivity contribution in [3.05, 3.63) is 70.8 Å². The average Bonchev–Trinajstić information content (AvgIpc) is 2.58. The molecule has 0 saturated carbocycles. The minimum atomic E-state index is -4.00. The summed E-state index contributed by atoms with van der Waals surface area (Å²) in [6.07, 6.45) is 0.749. The zero-order valence-corrected chi connectivity index (χ0v) is 17.2. The number of rotatable bonds is 5. The first-order valence-electron chi connectivity index (χ1n) is 8.67. The number of allylic oxidation sites excluding steroid dienone is 2. The lowest BCUT2D eigenvalue weighted by molar-refractivity contribution is -0.117. The minimum Gasteiger partial charge on any atom is -0.382 e. The van der Waals surface area contributed by atoms with Crippen LogP contribution in [0.5, 0.6) is 0 Å². The summed E-state index contributed by atoms with van der Waals surface area (Å²) in [7, 11) is -4.00. The van der Waals surface area contributed by atoms with E-state index in [-0.39, 0.29) is 21.9 Å². The first kappa shape index (κ1) is 19.7. The molecule has 4 nitrogen and oxygen atoms in total. The lowest BCUT2D eigenvalue weighted by Gasteiger charge is -2.31. The molecule has 142 valence electrons. The highest BCUT2D eigenvalue weighted by Gasteiger charge is 2.36. The van der Waals surface area contributed by atoms with Gasteiger partial charge in [-0.25, -0.2) is 0 Å². The Morgan fingerprint density at radius 2 is 1.59 bits per heavy atom. The van der Waals surface area contributed by atoms with E-state index in [1.54, 1.807) is 12.1 Å². The van der Waals surface area contributed by atoms with Crippen LogP contribution in [-0.2, 0) is 19.1 Å². The van der Waals surface area contributed by atoms with Crippen LogP contribution in [0.15, 0.2) is 75.1 Å². The highest BCUT2D eigenvalue weighted by Crippen LogP contribution is 2.44. The normalized spacial score (nSPS) is 17.1. The van der Waals surface area contributed by atoms with Crippen molar-refractivity contribution in [2.75, 3.05) is 0 Å². The van der Waals surface area contributed by atoms with E-state index in [0.717, 1.165) is 10.5 Å². The summed E-state index contributed by atoms with van der Waals surface area (Å²) < 4.78 is 31.0. The van der Waals surface area contributed by atoms with Gasteiger partial charge >= 0.3 is 10.1 Å². The molecule has 1 aliphatic rings. The van der Waals surface area contributed by atoms with Gasteiger partial charge in [0.25, 0.3) is 0 Å². The van der Waals surface area contributed by atoms with Gasteiger partial charge in [-0.05, 0) is 36.6 Å². The van der Waals surface area contributed by atoms with Gasteiger partial charge < -0.3 is 4.18 Å². The van der Waals surface area contributed by atoms with Crippen LogP contribution in [0.4, 0.5) is 0 Å². The van der Waals surface area contributed by atoms with Crippen molar-refractivity contribution < 1.29 is 17.4 Å². The van der Waals surface area contributed by atoms with Crippen molar-refractivity contribution in [1.29, 1.82) is 0 Å². The summed E-state index contributed by atoms with van der Waals surface area (Å²) in [4.78, 5) is 14.1. The highest BCUT2D eigenvalue weighted by atomic mass is 32.2. The number of carbonyl (C=O) groups is 1. The molecule has 0 N–H and O–H groups in total. The van der Waals surface area contributed by atoms with E-state index in [1.807, 2.05) is 51.1 Å². The van der Waals surface area contributed by atoms with Gasteiger partial charge in [0.15, 0.2) is 5.78 Å². The quantitative estimate of drug-likeness (QED) is 0.652. The number of hydrogen-bond acceptors (Lipinski definition) is 5. The number of aryl methyl sites for hydroxylation is 1. The van der Waals surface area contributed by atoms with E-state index in [4.69, 9.17) is 4.18 Å². The summed E-state index contributed by atoms with van der Waals surface area (Å²) in [5, 5.41) is 0. The van der Waals surface area contributed by atoms with E-state index in [0.29, 0.717) is 17.7 Å². The highest BCUT2D eigenvalue weighted by molar-refractivity contribution is 8.04. The maximum Gasteiger partial charge on any atom is 0.338 e. The van der Waals surface area contributed by atoms with Gasteiger partial charge in [0.1, 0.15) is 10.7 Å². The topological polar surface area (TPSA) is 60.4 Å². The smallest absolute Gasteiger partial charge is 0.338 e. The number of thioether (sulfide) groups is 1. The van der Waals surface area contributed by atoms with Crippen molar-refractivity contribution in [2.24, 2.45) is 5.41 Å². The molecule has 0 bridgehead atoms. The maximum absolute atomic E-state index is 12.8. The van der Waals surface area contributed by atoms with Crippen LogP contribution in [-0.4, -0.2) is 14.2 Å².